The number of carbonyl (C=O) groups excluding carboxylic acids is 1. The molecule has 25 heavy (non-hydrogen) atoms. The van der Waals surface area contributed by atoms with Crippen LogP contribution in [0.1, 0.15) is 20.3 Å². The smallest absolute Gasteiger partial charge is 0.250 e. The van der Waals surface area contributed by atoms with Crippen LogP contribution >= 0.6 is 39.3 Å². The van der Waals surface area contributed by atoms with Crippen molar-refractivity contribution in [3.63, 3.8) is 0 Å². The second kappa shape index (κ2) is 7.21. The van der Waals surface area contributed by atoms with Crippen molar-refractivity contribution in [1.82, 2.24) is 0 Å². The fourth-order valence-corrected chi connectivity index (χ4v) is 7.58. The topological polar surface area (TPSA) is 66.8 Å². The molecule has 1 aromatic rings. The lowest BCUT2D eigenvalue weighted by molar-refractivity contribution is -0.121. The number of hydrogen-bond acceptors (Lipinski definition) is 4. The van der Waals surface area contributed by atoms with E-state index < -0.39 is 9.84 Å². The molecule has 1 amide bonds. The van der Waals surface area contributed by atoms with E-state index in [4.69, 9.17) is 11.6 Å². The number of nitrogens with zero attached hydrogens (tertiary/aromatic N) is 2. The Morgan fingerprint density at radius 3 is 2.84 bits per heavy atom. The first-order chi connectivity index (χ1) is 11.7. The van der Waals surface area contributed by atoms with Gasteiger partial charge in [0.15, 0.2) is 15.0 Å². The van der Waals surface area contributed by atoms with Gasteiger partial charge in [0.1, 0.15) is 0 Å². The monoisotopic (exact) mass is 464 g/mol. The molecule has 0 aliphatic carbocycles. The molecule has 3 atom stereocenters. The zero-order valence-electron chi connectivity index (χ0n) is 13.8. The molecule has 2 saturated heterocycles. The summed E-state index contributed by atoms with van der Waals surface area (Å²) in [6, 6.07) is 5.17. The highest BCUT2D eigenvalue weighted by Gasteiger charge is 2.49. The van der Waals surface area contributed by atoms with E-state index in [1.165, 1.54) is 11.8 Å². The average molecular weight is 466 g/mol. The van der Waals surface area contributed by atoms with Crippen molar-refractivity contribution in [2.75, 3.05) is 16.4 Å². The molecule has 0 unspecified atom stereocenters. The lowest BCUT2D eigenvalue weighted by Gasteiger charge is -2.25. The maximum absolute atomic E-state index is 12.3. The summed E-state index contributed by atoms with van der Waals surface area (Å²) in [5.74, 6) is -0.206. The van der Waals surface area contributed by atoms with Crippen LogP contribution in [0.4, 0.5) is 5.69 Å². The van der Waals surface area contributed by atoms with Crippen molar-refractivity contribution in [2.24, 2.45) is 10.9 Å². The number of thioether (sulfide) groups is 1. The van der Waals surface area contributed by atoms with Gasteiger partial charge < -0.3 is 4.90 Å². The van der Waals surface area contributed by atoms with Gasteiger partial charge in [-0.05, 0) is 24.6 Å². The number of halogens is 2. The van der Waals surface area contributed by atoms with E-state index in [-0.39, 0.29) is 34.6 Å². The zero-order valence-corrected chi connectivity index (χ0v) is 17.8. The predicted octanol–water partition coefficient (Wildman–Crippen LogP) is 3.75. The molecule has 0 N–H and O–H groups in total. The van der Waals surface area contributed by atoms with Crippen LogP contribution < -0.4 is 4.90 Å². The number of rotatable bonds is 3. The molecule has 2 heterocycles. The molecule has 1 aromatic carbocycles. The van der Waals surface area contributed by atoms with E-state index in [1.54, 1.807) is 6.07 Å². The minimum atomic E-state index is -3.10. The fourth-order valence-electron chi connectivity index (χ4n) is 2.90. The molecule has 0 radical (unpaired) electrons. The third-order valence-corrected chi connectivity index (χ3v) is 8.48. The molecule has 136 valence electrons. The molecule has 0 saturated carbocycles. The van der Waals surface area contributed by atoms with Gasteiger partial charge >= 0.3 is 0 Å². The van der Waals surface area contributed by atoms with E-state index >= 15 is 0 Å². The maximum Gasteiger partial charge on any atom is 0.250 e. The summed E-state index contributed by atoms with van der Waals surface area (Å²) in [6.45, 7) is 3.78. The number of hydrogen-bond donors (Lipinski definition) is 0. The summed E-state index contributed by atoms with van der Waals surface area (Å²) in [5, 5.41) is 0.899. The Bertz CT molecular complexity index is 844. The molecule has 2 aliphatic rings. The molecular formula is C16H18BrClN2O3S2. The number of benzene rings is 1. The number of aliphatic imine (C=N–C) groups is 1. The molecule has 3 rings (SSSR count). The first-order valence-corrected chi connectivity index (χ1v) is 11.8. The number of anilines is 1. The largest absolute Gasteiger partial charge is 0.314 e. The van der Waals surface area contributed by atoms with E-state index in [9.17, 15) is 13.2 Å². The average Bonchev–Trinajstić information content (AvgIpc) is 2.98. The normalized spacial score (nSPS) is 27.5. The quantitative estimate of drug-likeness (QED) is 0.680. The zero-order chi connectivity index (χ0) is 18.4. The van der Waals surface area contributed by atoms with Crippen LogP contribution in [0.2, 0.25) is 5.02 Å². The SMILES string of the molecule is CC[C@H](C)C(=O)N=C1S[C@@H]2CS(=O)(=O)C[C@H]2N1c1ccc(Br)cc1Cl. The molecular weight excluding hydrogens is 448 g/mol. The third-order valence-electron chi connectivity index (χ3n) is 4.48. The van der Waals surface area contributed by atoms with Gasteiger partial charge in [0.2, 0.25) is 0 Å². The number of amidine groups is 1. The number of carbonyl (C=O) groups is 1. The van der Waals surface area contributed by atoms with Gasteiger partial charge in [0.05, 0.1) is 28.3 Å². The van der Waals surface area contributed by atoms with Crippen molar-refractivity contribution >= 4 is 65.9 Å². The molecule has 2 fully saturated rings. The minimum absolute atomic E-state index is 0.0492. The molecule has 0 spiro atoms. The van der Waals surface area contributed by atoms with Crippen molar-refractivity contribution in [3.05, 3.63) is 27.7 Å². The third kappa shape index (κ3) is 3.91. The van der Waals surface area contributed by atoms with E-state index in [0.29, 0.717) is 22.3 Å². The van der Waals surface area contributed by atoms with Crippen LogP contribution in [0.25, 0.3) is 0 Å². The van der Waals surface area contributed by atoms with Crippen LogP contribution in [0.15, 0.2) is 27.7 Å². The second-order valence-corrected chi connectivity index (χ2v) is 11.0. The number of amides is 1. The summed E-state index contributed by atoms with van der Waals surface area (Å²) in [5.41, 5.74) is 0.678. The standard InChI is InChI=1S/C16H18BrClN2O3S2/c1-3-9(2)15(21)19-16-20(12-5-4-10(17)6-11(12)18)13-7-25(22,23)8-14(13)24-16/h4-6,9,13-14H,3,7-8H2,1-2H3/t9-,13+,14+/m0/s1. The summed E-state index contributed by atoms with van der Waals surface area (Å²) in [7, 11) is -3.10. The lowest BCUT2D eigenvalue weighted by Crippen LogP contribution is -2.38. The van der Waals surface area contributed by atoms with Gasteiger partial charge in [-0.25, -0.2) is 8.42 Å². The molecule has 0 aromatic heterocycles. The van der Waals surface area contributed by atoms with E-state index in [2.05, 4.69) is 20.9 Å². The minimum Gasteiger partial charge on any atom is -0.314 e. The Hall–Kier alpha value is -0.570. The van der Waals surface area contributed by atoms with Crippen LogP contribution in [0.5, 0.6) is 0 Å². The Kier molecular flexibility index (Phi) is 5.54. The molecule has 5 nitrogen and oxygen atoms in total. The maximum atomic E-state index is 12.3. The second-order valence-electron chi connectivity index (χ2n) is 6.31. The van der Waals surface area contributed by atoms with Crippen LogP contribution in [0.3, 0.4) is 0 Å². The first-order valence-electron chi connectivity index (χ1n) is 7.95. The van der Waals surface area contributed by atoms with Gasteiger partial charge in [-0.15, -0.1) is 0 Å². The Morgan fingerprint density at radius 1 is 1.48 bits per heavy atom. The van der Waals surface area contributed by atoms with Crippen LogP contribution in [-0.4, -0.2) is 42.3 Å². The Balaban J connectivity index is 2.04. The number of fused-ring (bicyclic) bond motifs is 1. The van der Waals surface area contributed by atoms with Crippen molar-refractivity contribution in [3.8, 4) is 0 Å². The fraction of sp³-hybridized carbons (Fsp3) is 0.500. The summed E-state index contributed by atoms with van der Waals surface area (Å²) >= 11 is 11.1. The number of sulfone groups is 1. The van der Waals surface area contributed by atoms with Crippen LogP contribution in [0, 0.1) is 5.92 Å². The van der Waals surface area contributed by atoms with Gasteiger partial charge in [0, 0.05) is 15.6 Å². The highest BCUT2D eigenvalue weighted by molar-refractivity contribution is 9.10. The lowest BCUT2D eigenvalue weighted by atomic mass is 10.1. The van der Waals surface area contributed by atoms with Gasteiger partial charge in [-0.2, -0.15) is 4.99 Å². The van der Waals surface area contributed by atoms with E-state index in [1.807, 2.05) is 30.9 Å². The van der Waals surface area contributed by atoms with Crippen molar-refractivity contribution < 1.29 is 13.2 Å². The first kappa shape index (κ1) is 19.2. The molecule has 9 heteroatoms. The van der Waals surface area contributed by atoms with Gasteiger partial charge in [0.25, 0.3) is 5.91 Å². The molecule has 0 bridgehead atoms. The van der Waals surface area contributed by atoms with E-state index in [0.717, 1.165) is 4.47 Å². The van der Waals surface area contributed by atoms with Crippen molar-refractivity contribution in [1.29, 1.82) is 0 Å². The van der Waals surface area contributed by atoms with Gasteiger partial charge in [-0.3, -0.25) is 4.79 Å². The van der Waals surface area contributed by atoms with Crippen LogP contribution in [-0.2, 0) is 14.6 Å². The van der Waals surface area contributed by atoms with Gasteiger partial charge in [-0.1, -0.05) is 53.1 Å². The predicted molar refractivity (Wildman–Crippen MR) is 107 cm³/mol. The Labute approximate surface area is 165 Å². The Morgan fingerprint density at radius 2 is 2.20 bits per heavy atom. The highest BCUT2D eigenvalue weighted by atomic mass is 79.9. The van der Waals surface area contributed by atoms with Crippen molar-refractivity contribution in [2.45, 2.75) is 31.6 Å². The summed E-state index contributed by atoms with van der Waals surface area (Å²) in [6.07, 6.45) is 0.709. The summed E-state index contributed by atoms with van der Waals surface area (Å²) in [4.78, 5) is 18.4. The highest BCUT2D eigenvalue weighted by Crippen LogP contribution is 2.43. The molecule has 2 aliphatic heterocycles. The summed E-state index contributed by atoms with van der Waals surface area (Å²) < 4.78 is 24.9.